The van der Waals surface area contributed by atoms with Crippen LogP contribution in [0.3, 0.4) is 0 Å². The van der Waals surface area contributed by atoms with Crippen LogP contribution in [0.2, 0.25) is 0 Å². The summed E-state index contributed by atoms with van der Waals surface area (Å²) in [6, 6.07) is 9.04. The normalized spacial score (nSPS) is 10.1. The van der Waals surface area contributed by atoms with Gasteiger partial charge in [0.2, 0.25) is 0 Å². The third-order valence-corrected chi connectivity index (χ3v) is 2.82. The molecule has 0 aliphatic carbocycles. The highest BCUT2D eigenvalue weighted by molar-refractivity contribution is 5.89. The van der Waals surface area contributed by atoms with Gasteiger partial charge in [-0.25, -0.2) is 14.8 Å². The molecule has 1 aromatic heterocycles. The summed E-state index contributed by atoms with van der Waals surface area (Å²) in [5.41, 5.74) is 2.41. The molecule has 1 heterocycles. The first-order valence-corrected chi connectivity index (χ1v) is 7.22. The van der Waals surface area contributed by atoms with Crippen LogP contribution in [-0.4, -0.2) is 22.5 Å². The van der Waals surface area contributed by atoms with Crippen molar-refractivity contribution in [2.24, 2.45) is 0 Å². The molecule has 0 aliphatic heterocycles. The maximum atomic E-state index is 11.5. The van der Waals surface area contributed by atoms with Gasteiger partial charge in [-0.3, -0.25) is 0 Å². The summed E-state index contributed by atoms with van der Waals surface area (Å²) in [5.74, 6) is 0.615. The Hall–Kier alpha value is -2.63. The second-order valence-electron chi connectivity index (χ2n) is 4.94. The Labute approximate surface area is 129 Å². The van der Waals surface area contributed by atoms with Crippen molar-refractivity contribution in [1.82, 2.24) is 15.3 Å². The number of aryl methyl sites for hydroxylation is 2. The fourth-order valence-corrected chi connectivity index (χ4v) is 1.86. The Morgan fingerprint density at radius 3 is 2.36 bits per heavy atom. The van der Waals surface area contributed by atoms with Gasteiger partial charge in [0.15, 0.2) is 0 Å². The Kier molecular flexibility index (Phi) is 5.30. The van der Waals surface area contributed by atoms with Crippen LogP contribution in [0.5, 0.6) is 11.8 Å². The van der Waals surface area contributed by atoms with Crippen LogP contribution < -0.4 is 15.4 Å². The number of hydrogen-bond donors (Lipinski definition) is 2. The van der Waals surface area contributed by atoms with E-state index < -0.39 is 0 Å². The van der Waals surface area contributed by atoms with Crippen LogP contribution in [0, 0.1) is 13.8 Å². The average molecular weight is 300 g/mol. The predicted molar refractivity (Wildman–Crippen MR) is 85.3 cm³/mol. The first-order chi connectivity index (χ1) is 10.6. The summed E-state index contributed by atoms with van der Waals surface area (Å²) in [5, 5.41) is 5.50. The zero-order valence-corrected chi connectivity index (χ0v) is 13.0. The van der Waals surface area contributed by atoms with E-state index in [1.807, 2.05) is 26.8 Å². The van der Waals surface area contributed by atoms with Crippen molar-refractivity contribution >= 4 is 11.7 Å². The molecule has 0 bridgehead atoms. The monoisotopic (exact) mass is 300 g/mol. The van der Waals surface area contributed by atoms with Gasteiger partial charge in [0, 0.05) is 23.6 Å². The lowest BCUT2D eigenvalue weighted by Crippen LogP contribution is -2.29. The van der Waals surface area contributed by atoms with E-state index >= 15 is 0 Å². The van der Waals surface area contributed by atoms with E-state index in [0.717, 1.165) is 17.8 Å². The fourth-order valence-electron chi connectivity index (χ4n) is 1.86. The summed E-state index contributed by atoms with van der Waals surface area (Å²) < 4.78 is 5.61. The molecular formula is C16H20N4O2. The number of nitrogens with one attached hydrogen (secondary N) is 2. The topological polar surface area (TPSA) is 76.1 Å². The van der Waals surface area contributed by atoms with Crippen molar-refractivity contribution in [1.29, 1.82) is 0 Å². The van der Waals surface area contributed by atoms with Crippen molar-refractivity contribution in [2.45, 2.75) is 27.2 Å². The molecule has 2 rings (SSSR count). The zero-order chi connectivity index (χ0) is 15.9. The van der Waals surface area contributed by atoms with E-state index in [1.165, 1.54) is 0 Å². The van der Waals surface area contributed by atoms with Gasteiger partial charge in [0.05, 0.1) is 0 Å². The molecule has 0 spiro atoms. The highest BCUT2D eigenvalue weighted by atomic mass is 16.5. The third kappa shape index (κ3) is 4.73. The lowest BCUT2D eigenvalue weighted by atomic mass is 10.3. The van der Waals surface area contributed by atoms with Crippen LogP contribution in [0.25, 0.3) is 0 Å². The van der Waals surface area contributed by atoms with Gasteiger partial charge in [0.25, 0.3) is 0 Å². The van der Waals surface area contributed by atoms with E-state index in [-0.39, 0.29) is 6.03 Å². The number of carbonyl (C=O) groups excluding carboxylic acids is 1. The smallest absolute Gasteiger partial charge is 0.322 e. The number of hydrogen-bond acceptors (Lipinski definition) is 4. The van der Waals surface area contributed by atoms with Gasteiger partial charge in [-0.05, 0) is 50.6 Å². The van der Waals surface area contributed by atoms with E-state index in [2.05, 4.69) is 20.6 Å². The molecule has 0 radical (unpaired) electrons. The van der Waals surface area contributed by atoms with E-state index in [9.17, 15) is 4.79 Å². The fraction of sp³-hybridized carbons (Fsp3) is 0.312. The SMILES string of the molecule is CCCNC(=O)Nc1ccc(Oc2nc(C)cc(C)n2)cc1. The van der Waals surface area contributed by atoms with Gasteiger partial charge in [-0.1, -0.05) is 6.92 Å². The van der Waals surface area contributed by atoms with Crippen LogP contribution in [-0.2, 0) is 0 Å². The van der Waals surface area contributed by atoms with Gasteiger partial charge < -0.3 is 15.4 Å². The van der Waals surface area contributed by atoms with Crippen molar-refractivity contribution in [3.05, 3.63) is 41.7 Å². The zero-order valence-electron chi connectivity index (χ0n) is 13.0. The number of nitrogens with zero attached hydrogens (tertiary/aromatic N) is 2. The minimum absolute atomic E-state index is 0.215. The highest BCUT2D eigenvalue weighted by Crippen LogP contribution is 2.20. The molecule has 0 fully saturated rings. The minimum Gasteiger partial charge on any atom is -0.424 e. The molecule has 0 saturated heterocycles. The summed E-state index contributed by atoms with van der Waals surface area (Å²) in [6.45, 7) is 6.44. The van der Waals surface area contributed by atoms with Crippen LogP contribution >= 0.6 is 0 Å². The van der Waals surface area contributed by atoms with Crippen molar-refractivity contribution in [3.8, 4) is 11.8 Å². The lowest BCUT2D eigenvalue weighted by Gasteiger charge is -2.08. The summed E-state index contributed by atoms with van der Waals surface area (Å²) in [6.07, 6.45) is 0.899. The van der Waals surface area contributed by atoms with Crippen LogP contribution in [0.4, 0.5) is 10.5 Å². The molecule has 116 valence electrons. The van der Waals surface area contributed by atoms with Crippen molar-refractivity contribution < 1.29 is 9.53 Å². The first kappa shape index (κ1) is 15.8. The Bertz CT molecular complexity index is 621. The van der Waals surface area contributed by atoms with E-state index in [4.69, 9.17) is 4.74 Å². The third-order valence-electron chi connectivity index (χ3n) is 2.82. The molecule has 2 N–H and O–H groups in total. The Morgan fingerprint density at radius 2 is 1.77 bits per heavy atom. The molecule has 6 nitrogen and oxygen atoms in total. The summed E-state index contributed by atoms with van der Waals surface area (Å²) >= 11 is 0. The number of anilines is 1. The first-order valence-electron chi connectivity index (χ1n) is 7.22. The highest BCUT2D eigenvalue weighted by Gasteiger charge is 2.04. The molecule has 1 aromatic carbocycles. The maximum Gasteiger partial charge on any atom is 0.322 e. The van der Waals surface area contributed by atoms with Crippen LogP contribution in [0.1, 0.15) is 24.7 Å². The molecule has 0 saturated carbocycles. The van der Waals surface area contributed by atoms with E-state index in [0.29, 0.717) is 24.0 Å². The number of rotatable bonds is 5. The van der Waals surface area contributed by atoms with Gasteiger partial charge in [-0.2, -0.15) is 0 Å². The number of ether oxygens (including phenoxy) is 1. The Balaban J connectivity index is 1.98. The van der Waals surface area contributed by atoms with E-state index in [1.54, 1.807) is 24.3 Å². The molecule has 2 amide bonds. The van der Waals surface area contributed by atoms with Gasteiger partial charge in [0.1, 0.15) is 5.75 Å². The Morgan fingerprint density at radius 1 is 1.14 bits per heavy atom. The number of carbonyl (C=O) groups is 1. The average Bonchev–Trinajstić information content (AvgIpc) is 2.46. The van der Waals surface area contributed by atoms with Gasteiger partial charge in [-0.15, -0.1) is 0 Å². The summed E-state index contributed by atoms with van der Waals surface area (Å²) in [7, 11) is 0. The second kappa shape index (κ2) is 7.40. The largest absolute Gasteiger partial charge is 0.424 e. The van der Waals surface area contributed by atoms with Crippen molar-refractivity contribution in [3.63, 3.8) is 0 Å². The minimum atomic E-state index is -0.215. The molecule has 0 unspecified atom stereocenters. The molecule has 0 aliphatic rings. The van der Waals surface area contributed by atoms with Gasteiger partial charge >= 0.3 is 12.0 Å². The second-order valence-corrected chi connectivity index (χ2v) is 4.94. The number of benzene rings is 1. The quantitative estimate of drug-likeness (QED) is 0.887. The summed E-state index contributed by atoms with van der Waals surface area (Å²) in [4.78, 5) is 20.0. The maximum absolute atomic E-state index is 11.5. The van der Waals surface area contributed by atoms with Crippen LogP contribution in [0.15, 0.2) is 30.3 Å². The standard InChI is InChI=1S/C16H20N4O2/c1-4-9-17-15(21)20-13-5-7-14(8-6-13)22-16-18-11(2)10-12(3)19-16/h5-8,10H,4,9H2,1-3H3,(H2,17,20,21). The molecular weight excluding hydrogens is 280 g/mol. The van der Waals surface area contributed by atoms with Crippen molar-refractivity contribution in [2.75, 3.05) is 11.9 Å². The number of aromatic nitrogens is 2. The molecule has 2 aromatic rings. The molecule has 6 heteroatoms. The molecule has 22 heavy (non-hydrogen) atoms. The molecule has 0 atom stereocenters. The predicted octanol–water partition coefficient (Wildman–Crippen LogP) is 3.42. The number of amides is 2. The lowest BCUT2D eigenvalue weighted by molar-refractivity contribution is 0.252. The number of urea groups is 1.